The van der Waals surface area contributed by atoms with Crippen molar-refractivity contribution < 1.29 is 4.79 Å². The molecule has 1 aliphatic heterocycles. The molecule has 0 bridgehead atoms. The van der Waals surface area contributed by atoms with Crippen molar-refractivity contribution >= 4 is 5.91 Å². The summed E-state index contributed by atoms with van der Waals surface area (Å²) >= 11 is 0. The molecule has 0 N–H and O–H groups in total. The van der Waals surface area contributed by atoms with Crippen molar-refractivity contribution in [3.05, 3.63) is 0 Å². The van der Waals surface area contributed by atoms with E-state index in [9.17, 15) is 4.79 Å². The molecule has 70 valence electrons. The number of carbonyl (C=O) groups excluding carboxylic acids is 1. The Morgan fingerprint density at radius 1 is 1.42 bits per heavy atom. The molecule has 1 fully saturated rings. The molecule has 0 aliphatic carbocycles. The van der Waals surface area contributed by atoms with Crippen molar-refractivity contribution in [3.63, 3.8) is 0 Å². The monoisotopic (exact) mass is 170 g/mol. The summed E-state index contributed by atoms with van der Waals surface area (Å²) in [6.45, 7) is 7.96. The summed E-state index contributed by atoms with van der Waals surface area (Å²) in [7, 11) is 2.00. The smallest absolute Gasteiger partial charge is 0.239 e. The van der Waals surface area contributed by atoms with Gasteiger partial charge >= 0.3 is 0 Å². The first-order valence-electron chi connectivity index (χ1n) is 4.54. The van der Waals surface area contributed by atoms with Gasteiger partial charge in [-0.05, 0) is 27.8 Å². The van der Waals surface area contributed by atoms with E-state index in [1.54, 1.807) is 0 Å². The molecule has 1 atom stereocenters. The second kappa shape index (κ2) is 3.44. The van der Waals surface area contributed by atoms with E-state index in [0.29, 0.717) is 6.04 Å². The Bertz CT molecular complexity index is 179. The number of likely N-dealkylation sites (N-methyl/N-ethyl adjacent to an activating group) is 1. The van der Waals surface area contributed by atoms with Gasteiger partial charge in [-0.3, -0.25) is 9.69 Å². The Kier molecular flexibility index (Phi) is 2.73. The molecule has 1 aliphatic rings. The summed E-state index contributed by atoms with van der Waals surface area (Å²) in [6, 6.07) is 0.398. The van der Waals surface area contributed by atoms with E-state index in [-0.39, 0.29) is 11.9 Å². The number of nitrogens with zero attached hydrogens (tertiary/aromatic N) is 2. The lowest BCUT2D eigenvalue weighted by Gasteiger charge is -2.39. The van der Waals surface area contributed by atoms with E-state index in [4.69, 9.17) is 0 Å². The molecule has 3 nitrogen and oxygen atoms in total. The van der Waals surface area contributed by atoms with Crippen LogP contribution >= 0.6 is 0 Å². The van der Waals surface area contributed by atoms with Crippen LogP contribution in [0.25, 0.3) is 0 Å². The molecule has 1 amide bonds. The molecule has 1 unspecified atom stereocenters. The summed E-state index contributed by atoms with van der Waals surface area (Å²) in [5.41, 5.74) is 0. The fraction of sp³-hybridized carbons (Fsp3) is 0.889. The van der Waals surface area contributed by atoms with Crippen molar-refractivity contribution in [2.75, 3.05) is 20.1 Å². The maximum atomic E-state index is 11.7. The average molecular weight is 170 g/mol. The van der Waals surface area contributed by atoms with Crippen LogP contribution in [0.4, 0.5) is 0 Å². The van der Waals surface area contributed by atoms with E-state index in [1.165, 1.54) is 0 Å². The number of hydrogen-bond donors (Lipinski definition) is 0. The zero-order valence-corrected chi connectivity index (χ0v) is 8.37. The van der Waals surface area contributed by atoms with Gasteiger partial charge in [0, 0.05) is 19.1 Å². The van der Waals surface area contributed by atoms with Crippen molar-refractivity contribution in [1.82, 2.24) is 9.80 Å². The maximum Gasteiger partial charge on any atom is 0.239 e. The molecule has 0 aromatic rings. The minimum Gasteiger partial charge on any atom is -0.338 e. The highest BCUT2D eigenvalue weighted by Gasteiger charge is 2.29. The number of rotatable bonds is 1. The Balaban J connectivity index is 2.65. The van der Waals surface area contributed by atoms with Crippen LogP contribution in [0.15, 0.2) is 0 Å². The Morgan fingerprint density at radius 2 is 2.00 bits per heavy atom. The van der Waals surface area contributed by atoms with Gasteiger partial charge in [0.05, 0.1) is 6.04 Å². The minimum atomic E-state index is 0.0566. The molecule has 0 spiro atoms. The van der Waals surface area contributed by atoms with Crippen LogP contribution in [0, 0.1) is 0 Å². The van der Waals surface area contributed by atoms with Gasteiger partial charge < -0.3 is 4.90 Å². The molecule has 1 heterocycles. The lowest BCUT2D eigenvalue weighted by molar-refractivity contribution is -0.142. The third kappa shape index (κ3) is 1.61. The standard InChI is InChI=1S/C9H18N2O/c1-7(2)11-6-5-10(4)8(3)9(11)12/h7-8H,5-6H2,1-4H3. The highest BCUT2D eigenvalue weighted by molar-refractivity contribution is 5.82. The van der Waals surface area contributed by atoms with Gasteiger partial charge in [0.25, 0.3) is 0 Å². The normalized spacial score (nSPS) is 26.9. The molecule has 0 aromatic heterocycles. The van der Waals surface area contributed by atoms with E-state index < -0.39 is 0 Å². The Hall–Kier alpha value is -0.570. The van der Waals surface area contributed by atoms with E-state index in [1.807, 2.05) is 18.9 Å². The second-order valence-electron chi connectivity index (χ2n) is 3.78. The van der Waals surface area contributed by atoms with Crippen molar-refractivity contribution in [3.8, 4) is 0 Å². The predicted octanol–water partition coefficient (Wildman–Crippen LogP) is 0.557. The third-order valence-corrected chi connectivity index (χ3v) is 2.62. The van der Waals surface area contributed by atoms with Gasteiger partial charge in [-0.25, -0.2) is 0 Å². The lowest BCUT2D eigenvalue weighted by Crippen LogP contribution is -2.56. The molecule has 12 heavy (non-hydrogen) atoms. The maximum absolute atomic E-state index is 11.7. The fourth-order valence-electron chi connectivity index (χ4n) is 1.51. The van der Waals surface area contributed by atoms with Crippen LogP contribution < -0.4 is 0 Å². The topological polar surface area (TPSA) is 23.6 Å². The van der Waals surface area contributed by atoms with E-state index in [0.717, 1.165) is 13.1 Å². The first-order valence-corrected chi connectivity index (χ1v) is 4.54. The van der Waals surface area contributed by atoms with Crippen LogP contribution in [0.3, 0.4) is 0 Å². The summed E-state index contributed by atoms with van der Waals surface area (Å²) in [4.78, 5) is 15.7. The first-order chi connectivity index (χ1) is 5.54. The van der Waals surface area contributed by atoms with Crippen molar-refractivity contribution in [2.24, 2.45) is 0 Å². The van der Waals surface area contributed by atoms with Crippen molar-refractivity contribution in [2.45, 2.75) is 32.9 Å². The van der Waals surface area contributed by atoms with E-state index >= 15 is 0 Å². The highest BCUT2D eigenvalue weighted by atomic mass is 16.2. The van der Waals surface area contributed by atoms with Crippen LogP contribution in [0.1, 0.15) is 20.8 Å². The van der Waals surface area contributed by atoms with Gasteiger partial charge in [0.2, 0.25) is 5.91 Å². The van der Waals surface area contributed by atoms with Gasteiger partial charge in [0.15, 0.2) is 0 Å². The van der Waals surface area contributed by atoms with Crippen LogP contribution in [-0.4, -0.2) is 47.9 Å². The van der Waals surface area contributed by atoms with Gasteiger partial charge in [0.1, 0.15) is 0 Å². The van der Waals surface area contributed by atoms with E-state index in [2.05, 4.69) is 18.7 Å². The number of hydrogen-bond acceptors (Lipinski definition) is 2. The summed E-state index contributed by atoms with van der Waals surface area (Å²) in [6.07, 6.45) is 0. The minimum absolute atomic E-state index is 0.0566. The SMILES string of the molecule is CC1C(=O)N(C(C)C)CCN1C. The lowest BCUT2D eigenvalue weighted by atomic mass is 10.1. The quantitative estimate of drug-likeness (QED) is 0.574. The van der Waals surface area contributed by atoms with Crippen LogP contribution in [0.5, 0.6) is 0 Å². The fourth-order valence-corrected chi connectivity index (χ4v) is 1.51. The van der Waals surface area contributed by atoms with Crippen molar-refractivity contribution in [1.29, 1.82) is 0 Å². The van der Waals surface area contributed by atoms with Gasteiger partial charge in [-0.2, -0.15) is 0 Å². The summed E-state index contributed by atoms with van der Waals surface area (Å²) in [5.74, 6) is 0.263. The molecule has 1 saturated heterocycles. The zero-order valence-electron chi connectivity index (χ0n) is 8.37. The summed E-state index contributed by atoms with van der Waals surface area (Å²) in [5, 5.41) is 0. The Morgan fingerprint density at radius 3 is 2.50 bits per heavy atom. The van der Waals surface area contributed by atoms with Gasteiger partial charge in [-0.15, -0.1) is 0 Å². The molecule has 3 heteroatoms. The number of carbonyl (C=O) groups is 1. The zero-order chi connectivity index (χ0) is 9.30. The molecule has 0 radical (unpaired) electrons. The van der Waals surface area contributed by atoms with Crippen LogP contribution in [-0.2, 0) is 4.79 Å². The molecule has 0 aromatic carbocycles. The number of piperazine rings is 1. The first kappa shape index (κ1) is 9.52. The molecular formula is C9H18N2O. The van der Waals surface area contributed by atoms with Gasteiger partial charge in [-0.1, -0.05) is 0 Å². The Labute approximate surface area is 74.3 Å². The molecule has 0 saturated carbocycles. The largest absolute Gasteiger partial charge is 0.338 e. The second-order valence-corrected chi connectivity index (χ2v) is 3.78. The third-order valence-electron chi connectivity index (χ3n) is 2.62. The predicted molar refractivity (Wildman–Crippen MR) is 48.9 cm³/mol. The highest BCUT2D eigenvalue weighted by Crippen LogP contribution is 2.11. The summed E-state index contributed by atoms with van der Waals surface area (Å²) < 4.78 is 0. The molecular weight excluding hydrogens is 152 g/mol. The average Bonchev–Trinajstić information content (AvgIpc) is 2.00. The molecule has 1 rings (SSSR count). The number of amides is 1. The van der Waals surface area contributed by atoms with Crippen LogP contribution in [0.2, 0.25) is 0 Å².